The van der Waals surface area contributed by atoms with E-state index in [-0.39, 0.29) is 6.42 Å². The number of ether oxygens (including phenoxy) is 1. The van der Waals surface area contributed by atoms with Crippen molar-refractivity contribution in [3.63, 3.8) is 0 Å². The molecular weight excluding hydrogens is 172 g/mol. The molecule has 2 heterocycles. The molecule has 1 aliphatic heterocycles. The van der Waals surface area contributed by atoms with E-state index in [0.717, 1.165) is 0 Å². The van der Waals surface area contributed by atoms with Crippen LogP contribution in [0.5, 0.6) is 0 Å². The highest BCUT2D eigenvalue weighted by molar-refractivity contribution is 6.08. The van der Waals surface area contributed by atoms with Crippen LogP contribution in [0.4, 0.5) is 0 Å². The molecule has 0 aromatic carbocycles. The fourth-order valence-electron chi connectivity index (χ4n) is 1.09. The molecule has 0 aliphatic carbocycles. The Labute approximate surface area is 73.8 Å². The second-order valence-corrected chi connectivity index (χ2v) is 2.62. The molecule has 0 spiro atoms. The lowest BCUT2D eigenvalue weighted by atomic mass is 10.2. The third-order valence-corrected chi connectivity index (χ3v) is 1.66. The zero-order valence-corrected chi connectivity index (χ0v) is 6.65. The molecule has 0 N–H and O–H groups in total. The van der Waals surface area contributed by atoms with Gasteiger partial charge in [-0.2, -0.15) is 0 Å². The topological polar surface area (TPSA) is 56.5 Å². The van der Waals surface area contributed by atoms with Gasteiger partial charge in [-0.15, -0.1) is 0 Å². The lowest BCUT2D eigenvalue weighted by molar-refractivity contribution is -0.151. The molecule has 0 unspecified atom stereocenters. The predicted molar refractivity (Wildman–Crippen MR) is 42.4 cm³/mol. The van der Waals surface area contributed by atoms with Gasteiger partial charge >= 0.3 is 11.9 Å². The van der Waals surface area contributed by atoms with Crippen LogP contribution in [0, 0.1) is 0 Å². The number of furan rings is 1. The Hall–Kier alpha value is -1.84. The minimum absolute atomic E-state index is 0.0273. The van der Waals surface area contributed by atoms with E-state index in [1.54, 1.807) is 12.1 Å². The van der Waals surface area contributed by atoms with Crippen molar-refractivity contribution >= 4 is 18.0 Å². The van der Waals surface area contributed by atoms with E-state index >= 15 is 0 Å². The molecule has 4 nitrogen and oxygen atoms in total. The molecule has 0 amide bonds. The largest absolute Gasteiger partial charge is 0.465 e. The molecule has 1 saturated heterocycles. The number of esters is 2. The van der Waals surface area contributed by atoms with Crippen LogP contribution in [0.15, 0.2) is 28.4 Å². The van der Waals surface area contributed by atoms with Crippen molar-refractivity contribution in [2.45, 2.75) is 6.42 Å². The minimum atomic E-state index is -0.582. The lowest BCUT2D eigenvalue weighted by Crippen LogP contribution is -1.96. The summed E-state index contributed by atoms with van der Waals surface area (Å²) in [4.78, 5) is 21.6. The van der Waals surface area contributed by atoms with Gasteiger partial charge in [0.05, 0.1) is 18.3 Å². The molecule has 0 atom stereocenters. The summed E-state index contributed by atoms with van der Waals surface area (Å²) >= 11 is 0. The van der Waals surface area contributed by atoms with Crippen molar-refractivity contribution in [2.24, 2.45) is 0 Å². The smallest absolute Gasteiger partial charge is 0.342 e. The molecule has 0 saturated carbocycles. The molecular formula is C9H6O4. The van der Waals surface area contributed by atoms with E-state index in [9.17, 15) is 9.59 Å². The highest BCUT2D eigenvalue weighted by Crippen LogP contribution is 2.18. The summed E-state index contributed by atoms with van der Waals surface area (Å²) in [5, 5.41) is 0. The van der Waals surface area contributed by atoms with Gasteiger partial charge in [-0.25, -0.2) is 4.79 Å². The summed E-state index contributed by atoms with van der Waals surface area (Å²) in [5.41, 5.74) is 0.333. The molecule has 2 rings (SSSR count). The summed E-state index contributed by atoms with van der Waals surface area (Å²) < 4.78 is 9.32. The first kappa shape index (κ1) is 7.79. The fourth-order valence-corrected chi connectivity index (χ4v) is 1.09. The van der Waals surface area contributed by atoms with Gasteiger partial charge in [0.25, 0.3) is 0 Å². The van der Waals surface area contributed by atoms with Gasteiger partial charge in [0.15, 0.2) is 0 Å². The molecule has 1 aliphatic rings. The van der Waals surface area contributed by atoms with Crippen molar-refractivity contribution in [3.05, 3.63) is 29.7 Å². The Morgan fingerprint density at radius 3 is 2.77 bits per heavy atom. The second-order valence-electron chi connectivity index (χ2n) is 2.62. The SMILES string of the molecule is O=C1CC(=Cc2ccco2)C(=O)O1. The van der Waals surface area contributed by atoms with Crippen LogP contribution in [0.2, 0.25) is 0 Å². The van der Waals surface area contributed by atoms with Crippen LogP contribution in [0.25, 0.3) is 6.08 Å². The Morgan fingerprint density at radius 1 is 1.38 bits per heavy atom. The first-order valence-corrected chi connectivity index (χ1v) is 3.75. The Kier molecular flexibility index (Phi) is 1.73. The average Bonchev–Trinajstić information content (AvgIpc) is 2.63. The van der Waals surface area contributed by atoms with Gasteiger partial charge in [0.1, 0.15) is 5.76 Å². The van der Waals surface area contributed by atoms with Gasteiger partial charge < -0.3 is 9.15 Å². The van der Waals surface area contributed by atoms with E-state index in [4.69, 9.17) is 4.42 Å². The van der Waals surface area contributed by atoms with Crippen LogP contribution >= 0.6 is 0 Å². The predicted octanol–water partition coefficient (Wildman–Crippen LogP) is 1.14. The third-order valence-electron chi connectivity index (χ3n) is 1.66. The lowest BCUT2D eigenvalue weighted by Gasteiger charge is -1.87. The van der Waals surface area contributed by atoms with E-state index in [1.807, 2.05) is 0 Å². The molecule has 13 heavy (non-hydrogen) atoms. The second kappa shape index (κ2) is 2.90. The minimum Gasteiger partial charge on any atom is -0.465 e. The zero-order chi connectivity index (χ0) is 9.26. The van der Waals surface area contributed by atoms with Crippen LogP contribution in [0.3, 0.4) is 0 Å². The zero-order valence-electron chi connectivity index (χ0n) is 6.65. The van der Waals surface area contributed by atoms with Gasteiger partial charge in [-0.3, -0.25) is 4.79 Å². The first-order chi connectivity index (χ1) is 6.25. The van der Waals surface area contributed by atoms with Crippen LogP contribution in [-0.4, -0.2) is 11.9 Å². The summed E-state index contributed by atoms with van der Waals surface area (Å²) in [6.07, 6.45) is 3.03. The van der Waals surface area contributed by atoms with Crippen molar-refractivity contribution in [3.8, 4) is 0 Å². The van der Waals surface area contributed by atoms with Crippen LogP contribution in [0.1, 0.15) is 12.2 Å². The monoisotopic (exact) mass is 178 g/mol. The quantitative estimate of drug-likeness (QED) is 0.367. The van der Waals surface area contributed by atoms with Crippen molar-refractivity contribution in [1.29, 1.82) is 0 Å². The maximum Gasteiger partial charge on any atom is 0.342 e. The summed E-state index contributed by atoms with van der Waals surface area (Å²) in [5.74, 6) is -0.550. The highest BCUT2D eigenvalue weighted by Gasteiger charge is 2.26. The number of cyclic esters (lactones) is 2. The fraction of sp³-hybridized carbons (Fsp3) is 0.111. The number of hydrogen-bond donors (Lipinski definition) is 0. The molecule has 0 bridgehead atoms. The van der Waals surface area contributed by atoms with E-state index in [0.29, 0.717) is 11.3 Å². The molecule has 1 fully saturated rings. The summed E-state index contributed by atoms with van der Waals surface area (Å²) in [6.45, 7) is 0. The van der Waals surface area contributed by atoms with Gasteiger partial charge in [-0.05, 0) is 18.2 Å². The standard InChI is InChI=1S/C9H6O4/c10-8-5-6(9(11)13-8)4-7-2-1-3-12-7/h1-4H,5H2. The number of hydrogen-bond acceptors (Lipinski definition) is 4. The molecule has 1 aromatic heterocycles. The molecule has 4 heteroatoms. The van der Waals surface area contributed by atoms with Gasteiger partial charge in [0, 0.05) is 0 Å². The maximum absolute atomic E-state index is 11.0. The highest BCUT2D eigenvalue weighted by atomic mass is 16.6. The van der Waals surface area contributed by atoms with E-state index in [1.165, 1.54) is 12.3 Å². The van der Waals surface area contributed by atoms with Crippen LogP contribution in [-0.2, 0) is 14.3 Å². The first-order valence-electron chi connectivity index (χ1n) is 3.75. The number of rotatable bonds is 1. The van der Waals surface area contributed by atoms with E-state index in [2.05, 4.69) is 4.74 Å². The van der Waals surface area contributed by atoms with Crippen molar-refractivity contribution in [1.82, 2.24) is 0 Å². The maximum atomic E-state index is 11.0. The van der Waals surface area contributed by atoms with Gasteiger partial charge in [0.2, 0.25) is 0 Å². The molecule has 1 aromatic rings. The Bertz CT molecular complexity index is 372. The normalized spacial score (nSPS) is 19.5. The van der Waals surface area contributed by atoms with Gasteiger partial charge in [-0.1, -0.05) is 0 Å². The summed E-state index contributed by atoms with van der Waals surface area (Å²) in [6, 6.07) is 3.40. The molecule has 66 valence electrons. The third kappa shape index (κ3) is 1.51. The van der Waals surface area contributed by atoms with Crippen molar-refractivity contribution in [2.75, 3.05) is 0 Å². The van der Waals surface area contributed by atoms with Crippen molar-refractivity contribution < 1.29 is 18.7 Å². The Balaban J connectivity index is 2.27. The number of carbonyl (C=O) groups excluding carboxylic acids is 2. The Morgan fingerprint density at radius 2 is 2.23 bits per heavy atom. The summed E-state index contributed by atoms with van der Waals surface area (Å²) in [7, 11) is 0. The molecule has 0 radical (unpaired) electrons. The van der Waals surface area contributed by atoms with E-state index < -0.39 is 11.9 Å². The van der Waals surface area contributed by atoms with Crippen LogP contribution < -0.4 is 0 Å². The number of carbonyl (C=O) groups is 2. The average molecular weight is 178 g/mol.